The van der Waals surface area contributed by atoms with E-state index in [1.165, 1.54) is 16.4 Å². The molecule has 1 amide bonds. The summed E-state index contributed by atoms with van der Waals surface area (Å²) in [6.07, 6.45) is 3.08. The zero-order chi connectivity index (χ0) is 24.9. The van der Waals surface area contributed by atoms with Gasteiger partial charge < -0.3 is 10.4 Å². The minimum absolute atomic E-state index is 0.0242. The van der Waals surface area contributed by atoms with Crippen LogP contribution in [-0.4, -0.2) is 54.6 Å². The second-order valence-electron chi connectivity index (χ2n) is 8.02. The van der Waals surface area contributed by atoms with E-state index < -0.39 is 33.8 Å². The second-order valence-corrected chi connectivity index (χ2v) is 10.5. The van der Waals surface area contributed by atoms with Crippen LogP contribution in [0, 0.1) is 5.82 Å². The van der Waals surface area contributed by atoms with Crippen LogP contribution >= 0.6 is 11.6 Å². The maximum Gasteiger partial charge on any atom is 0.326 e. The number of aliphatic carboxylic acids is 1. The summed E-state index contributed by atoms with van der Waals surface area (Å²) in [5.74, 6) is -2.63. The van der Waals surface area contributed by atoms with E-state index in [4.69, 9.17) is 11.6 Å². The Kier molecular flexibility index (Phi) is 8.46. The Morgan fingerprint density at radius 1 is 1.21 bits per heavy atom. The van der Waals surface area contributed by atoms with E-state index in [1.807, 2.05) is 25.1 Å². The van der Waals surface area contributed by atoms with E-state index in [-0.39, 0.29) is 22.8 Å². The predicted octanol–water partition coefficient (Wildman–Crippen LogP) is 3.73. The van der Waals surface area contributed by atoms with Crippen molar-refractivity contribution < 1.29 is 27.5 Å². The van der Waals surface area contributed by atoms with E-state index >= 15 is 0 Å². The summed E-state index contributed by atoms with van der Waals surface area (Å²) in [5.41, 5.74) is 2.50. The molecule has 2 aromatic carbocycles. The summed E-state index contributed by atoms with van der Waals surface area (Å²) in [6, 6.07) is 9.76. The number of carboxylic acid groups (broad SMARTS) is 1. The van der Waals surface area contributed by atoms with Crippen molar-refractivity contribution in [3.8, 4) is 0 Å². The third kappa shape index (κ3) is 6.22. The molecular weight excluding hydrogens is 483 g/mol. The van der Waals surface area contributed by atoms with Crippen molar-refractivity contribution in [1.29, 1.82) is 0 Å². The van der Waals surface area contributed by atoms with Crippen LogP contribution in [-0.2, 0) is 21.2 Å². The van der Waals surface area contributed by atoms with Gasteiger partial charge in [0.05, 0.1) is 16.3 Å². The fraction of sp³-hybridized carbons (Fsp3) is 0.333. The Morgan fingerprint density at radius 2 is 1.91 bits per heavy atom. The predicted molar refractivity (Wildman–Crippen MR) is 129 cm³/mol. The normalized spacial score (nSPS) is 15.4. The molecule has 0 fully saturated rings. The number of hydrogen-bond acceptors (Lipinski definition) is 4. The van der Waals surface area contributed by atoms with E-state index in [9.17, 15) is 27.5 Å². The molecule has 0 radical (unpaired) electrons. The molecule has 1 aliphatic rings. The standard InChI is InChI=1S/C24H26ClFN2O5S/c1-2-14-34(32,33)28-12-10-18(11-13-28)17-8-6-16(7-9-17)15-21(24(30)31)27-23(29)19-4-3-5-20(26)22(19)25/h3-10,21H,2,11-15H2,1H3,(H,27,29)(H,30,31)/t21-/m0/s1. The quantitative estimate of drug-likeness (QED) is 0.537. The van der Waals surface area contributed by atoms with Gasteiger partial charge in [-0.05, 0) is 41.7 Å². The molecule has 0 saturated heterocycles. The first-order valence-corrected chi connectivity index (χ1v) is 12.8. The molecule has 0 bridgehead atoms. The fourth-order valence-corrected chi connectivity index (χ4v) is 5.42. The first-order valence-electron chi connectivity index (χ1n) is 10.9. The second kappa shape index (κ2) is 11.1. The largest absolute Gasteiger partial charge is 0.480 e. The summed E-state index contributed by atoms with van der Waals surface area (Å²) in [5, 5.41) is 11.6. The number of nitrogens with one attached hydrogen (secondary N) is 1. The average molecular weight is 509 g/mol. The molecule has 0 saturated carbocycles. The number of halogens is 2. The topological polar surface area (TPSA) is 104 Å². The van der Waals surface area contributed by atoms with Gasteiger partial charge in [0, 0.05) is 19.5 Å². The highest BCUT2D eigenvalue weighted by molar-refractivity contribution is 7.89. The van der Waals surface area contributed by atoms with Crippen LogP contribution in [0.1, 0.15) is 41.3 Å². The molecule has 0 aliphatic carbocycles. The van der Waals surface area contributed by atoms with Crippen molar-refractivity contribution in [3.05, 3.63) is 76.1 Å². The van der Waals surface area contributed by atoms with Gasteiger partial charge in [-0.15, -0.1) is 0 Å². The highest BCUT2D eigenvalue weighted by Crippen LogP contribution is 2.25. The van der Waals surface area contributed by atoms with E-state index in [0.29, 0.717) is 31.5 Å². The van der Waals surface area contributed by atoms with Crippen LogP contribution in [0.15, 0.2) is 48.5 Å². The zero-order valence-corrected chi connectivity index (χ0v) is 20.2. The van der Waals surface area contributed by atoms with Crippen LogP contribution in [0.4, 0.5) is 4.39 Å². The summed E-state index contributed by atoms with van der Waals surface area (Å²) < 4.78 is 39.6. The number of hydrogen-bond donors (Lipinski definition) is 2. The van der Waals surface area contributed by atoms with Crippen LogP contribution in [0.5, 0.6) is 0 Å². The Morgan fingerprint density at radius 3 is 2.50 bits per heavy atom. The molecular formula is C24H26ClFN2O5S. The molecule has 3 rings (SSSR count). The summed E-state index contributed by atoms with van der Waals surface area (Å²) >= 11 is 5.83. The third-order valence-corrected chi connectivity index (χ3v) is 8.02. The number of carbonyl (C=O) groups is 2. The first-order chi connectivity index (χ1) is 16.1. The number of sulfonamides is 1. The van der Waals surface area contributed by atoms with Crippen molar-refractivity contribution in [1.82, 2.24) is 9.62 Å². The Bertz CT molecular complexity index is 1200. The maximum atomic E-state index is 13.6. The van der Waals surface area contributed by atoms with Gasteiger partial charge in [-0.25, -0.2) is 17.6 Å². The number of benzene rings is 2. The minimum atomic E-state index is -3.23. The smallest absolute Gasteiger partial charge is 0.326 e. The van der Waals surface area contributed by atoms with Gasteiger partial charge >= 0.3 is 5.97 Å². The van der Waals surface area contributed by atoms with Crippen LogP contribution < -0.4 is 5.32 Å². The summed E-state index contributed by atoms with van der Waals surface area (Å²) in [4.78, 5) is 24.2. The fourth-order valence-electron chi connectivity index (χ4n) is 3.76. The van der Waals surface area contributed by atoms with Crippen LogP contribution in [0.2, 0.25) is 5.02 Å². The zero-order valence-electron chi connectivity index (χ0n) is 18.6. The highest BCUT2D eigenvalue weighted by Gasteiger charge is 2.25. The highest BCUT2D eigenvalue weighted by atomic mass is 35.5. The number of rotatable bonds is 9. The molecule has 7 nitrogen and oxygen atoms in total. The van der Waals surface area contributed by atoms with Crippen molar-refractivity contribution in [2.75, 3.05) is 18.8 Å². The van der Waals surface area contributed by atoms with Gasteiger partial charge in [-0.2, -0.15) is 4.31 Å². The first kappa shape index (κ1) is 25.9. The van der Waals surface area contributed by atoms with Crippen LogP contribution in [0.3, 0.4) is 0 Å². The van der Waals surface area contributed by atoms with Crippen molar-refractivity contribution in [2.45, 2.75) is 32.2 Å². The lowest BCUT2D eigenvalue weighted by atomic mass is 9.97. The molecule has 0 spiro atoms. The third-order valence-electron chi connectivity index (χ3n) is 5.59. The lowest BCUT2D eigenvalue weighted by Gasteiger charge is -2.26. The SMILES string of the molecule is CCCS(=O)(=O)N1CC=C(c2ccc(C[C@H](NC(=O)c3cccc(F)c3Cl)C(=O)O)cc2)CC1. The number of carbonyl (C=O) groups excluding carboxylic acids is 1. The Labute approximate surface area is 203 Å². The molecule has 2 N–H and O–H groups in total. The lowest BCUT2D eigenvalue weighted by molar-refractivity contribution is -0.139. The molecule has 182 valence electrons. The van der Waals surface area contributed by atoms with E-state index in [1.54, 1.807) is 12.1 Å². The van der Waals surface area contributed by atoms with Crippen molar-refractivity contribution >= 4 is 39.1 Å². The summed E-state index contributed by atoms with van der Waals surface area (Å²) in [6.45, 7) is 2.59. The van der Waals surface area contributed by atoms with Gasteiger partial charge in [-0.1, -0.05) is 54.9 Å². The number of carboxylic acids is 1. The minimum Gasteiger partial charge on any atom is -0.480 e. The average Bonchev–Trinajstić information content (AvgIpc) is 2.81. The molecule has 34 heavy (non-hydrogen) atoms. The molecule has 1 aliphatic heterocycles. The number of amides is 1. The van der Waals surface area contributed by atoms with Gasteiger partial charge in [0.2, 0.25) is 10.0 Å². The van der Waals surface area contributed by atoms with Crippen molar-refractivity contribution in [2.24, 2.45) is 0 Å². The van der Waals surface area contributed by atoms with E-state index in [0.717, 1.165) is 17.2 Å². The van der Waals surface area contributed by atoms with Crippen LogP contribution in [0.25, 0.3) is 5.57 Å². The number of nitrogens with zero attached hydrogens (tertiary/aromatic N) is 1. The monoisotopic (exact) mass is 508 g/mol. The van der Waals surface area contributed by atoms with Gasteiger partial charge in [0.1, 0.15) is 11.9 Å². The molecule has 1 heterocycles. The van der Waals surface area contributed by atoms with Gasteiger partial charge in [-0.3, -0.25) is 4.79 Å². The van der Waals surface area contributed by atoms with Crippen molar-refractivity contribution in [3.63, 3.8) is 0 Å². The maximum absolute atomic E-state index is 13.6. The molecule has 0 unspecified atom stereocenters. The lowest BCUT2D eigenvalue weighted by Crippen LogP contribution is -2.42. The molecule has 2 aromatic rings. The molecule has 10 heteroatoms. The molecule has 1 atom stereocenters. The van der Waals surface area contributed by atoms with E-state index in [2.05, 4.69) is 5.32 Å². The Hall–Kier alpha value is -2.75. The van der Waals surface area contributed by atoms with Gasteiger partial charge in [0.15, 0.2) is 0 Å². The Balaban J connectivity index is 1.67. The summed E-state index contributed by atoms with van der Waals surface area (Å²) in [7, 11) is -3.23. The van der Waals surface area contributed by atoms with Gasteiger partial charge in [0.25, 0.3) is 5.91 Å². The molecule has 0 aromatic heterocycles.